The highest BCUT2D eigenvalue weighted by Gasteiger charge is 2.32. The second-order valence-electron chi connectivity index (χ2n) is 7.86. The highest BCUT2D eigenvalue weighted by atomic mass is 79.9. The molecule has 37 heavy (non-hydrogen) atoms. The summed E-state index contributed by atoms with van der Waals surface area (Å²) in [7, 11) is 1.61. The van der Waals surface area contributed by atoms with E-state index in [1.54, 1.807) is 36.3 Å². The molecule has 1 amide bonds. The molecule has 0 aliphatic carbocycles. The first-order valence-electron chi connectivity index (χ1n) is 11.2. The molecule has 10 heteroatoms. The lowest BCUT2D eigenvalue weighted by atomic mass is 10.1. The quantitative estimate of drug-likeness (QED) is 0.263. The number of rotatable bonds is 8. The van der Waals surface area contributed by atoms with E-state index in [0.29, 0.717) is 31.3 Å². The van der Waals surface area contributed by atoms with Crippen LogP contribution in [0.3, 0.4) is 0 Å². The molecule has 190 valence electrons. The molecule has 0 bridgehead atoms. The maximum absolute atomic E-state index is 13.1. The van der Waals surface area contributed by atoms with Crippen LogP contribution in [0.15, 0.2) is 79.5 Å². The van der Waals surface area contributed by atoms with Gasteiger partial charge in [-0.05, 0) is 116 Å². The number of carbonyl (C=O) groups is 2. The molecule has 1 saturated heterocycles. The van der Waals surface area contributed by atoms with Crippen LogP contribution in [0.4, 0.5) is 5.69 Å². The summed E-state index contributed by atoms with van der Waals surface area (Å²) < 4.78 is 12.6. The number of hydrogen-bond donors (Lipinski definition) is 1. The number of carbonyl (C=O) groups excluding carboxylic acids is 1. The number of thioether (sulfide) groups is 1. The van der Waals surface area contributed by atoms with Gasteiger partial charge in [0.05, 0.1) is 32.2 Å². The van der Waals surface area contributed by atoms with E-state index in [-0.39, 0.29) is 18.1 Å². The molecule has 1 aliphatic heterocycles. The third-order valence-corrected chi connectivity index (χ3v) is 7.59. The standard InChI is InChI=1S/C27H22Br2N2O5S/c1-3-31-25(32)23(37-27(31)30-19-8-10-20(35-2)11-9-19)14-17-12-21(28)24(22(29)13-17)36-15-16-4-6-18(7-5-16)26(33)34/h4-14H,3,15H2,1-2H3,(H,33,34)/b23-14+,30-27?. The molecule has 0 spiro atoms. The van der Waals surface area contributed by atoms with Gasteiger partial charge < -0.3 is 14.6 Å². The van der Waals surface area contributed by atoms with E-state index in [2.05, 4.69) is 36.9 Å². The van der Waals surface area contributed by atoms with E-state index < -0.39 is 5.97 Å². The number of halogens is 2. The molecular weight excluding hydrogens is 624 g/mol. The van der Waals surface area contributed by atoms with Crippen LogP contribution in [-0.4, -0.2) is 40.7 Å². The van der Waals surface area contributed by atoms with Crippen LogP contribution in [-0.2, 0) is 11.4 Å². The molecule has 0 aromatic heterocycles. The van der Waals surface area contributed by atoms with Crippen LogP contribution in [0.25, 0.3) is 6.08 Å². The first-order chi connectivity index (χ1) is 17.8. The van der Waals surface area contributed by atoms with Crippen LogP contribution >= 0.6 is 43.6 Å². The Morgan fingerprint density at radius 1 is 1.08 bits per heavy atom. The SMILES string of the molecule is CCN1C(=O)/C(=C\c2cc(Br)c(OCc3ccc(C(=O)O)cc3)c(Br)c2)SC1=Nc1ccc(OC)cc1. The van der Waals surface area contributed by atoms with Gasteiger partial charge in [-0.2, -0.15) is 0 Å². The van der Waals surface area contributed by atoms with Crippen LogP contribution in [0.2, 0.25) is 0 Å². The van der Waals surface area contributed by atoms with E-state index in [1.807, 2.05) is 49.4 Å². The first-order valence-corrected chi connectivity index (χ1v) is 13.6. The third kappa shape index (κ3) is 6.44. The van der Waals surface area contributed by atoms with Gasteiger partial charge in [-0.3, -0.25) is 9.69 Å². The smallest absolute Gasteiger partial charge is 0.335 e. The van der Waals surface area contributed by atoms with Crippen molar-refractivity contribution in [3.8, 4) is 11.5 Å². The predicted octanol–water partition coefficient (Wildman–Crippen LogP) is 7.12. The summed E-state index contributed by atoms with van der Waals surface area (Å²) in [6.07, 6.45) is 1.83. The van der Waals surface area contributed by atoms with Crippen molar-refractivity contribution in [2.75, 3.05) is 13.7 Å². The van der Waals surface area contributed by atoms with E-state index >= 15 is 0 Å². The molecule has 0 atom stereocenters. The zero-order valence-corrected chi connectivity index (χ0v) is 23.9. The van der Waals surface area contributed by atoms with Crippen molar-refractivity contribution in [2.45, 2.75) is 13.5 Å². The highest BCUT2D eigenvalue weighted by Crippen LogP contribution is 2.38. The van der Waals surface area contributed by atoms with Crippen molar-refractivity contribution in [2.24, 2.45) is 4.99 Å². The number of aromatic carboxylic acids is 1. The number of likely N-dealkylation sites (N-methyl/N-ethyl adjacent to an activating group) is 1. The summed E-state index contributed by atoms with van der Waals surface area (Å²) in [6.45, 7) is 2.69. The van der Waals surface area contributed by atoms with Gasteiger partial charge >= 0.3 is 5.97 Å². The molecule has 1 fully saturated rings. The normalized spacial score (nSPS) is 15.5. The number of methoxy groups -OCH3 is 1. The number of amidine groups is 1. The van der Waals surface area contributed by atoms with Crippen LogP contribution < -0.4 is 9.47 Å². The fourth-order valence-corrected chi connectivity index (χ4v) is 6.00. The Kier molecular flexibility index (Phi) is 8.73. The molecule has 1 N–H and O–H groups in total. The van der Waals surface area contributed by atoms with Gasteiger partial charge in [0.25, 0.3) is 5.91 Å². The number of ether oxygens (including phenoxy) is 2. The molecule has 0 unspecified atom stereocenters. The number of aliphatic imine (C=N–C) groups is 1. The lowest BCUT2D eigenvalue weighted by molar-refractivity contribution is -0.122. The topological polar surface area (TPSA) is 88.4 Å². The van der Waals surface area contributed by atoms with Crippen molar-refractivity contribution in [3.63, 3.8) is 0 Å². The Hall–Kier alpha value is -3.08. The zero-order valence-electron chi connectivity index (χ0n) is 19.9. The number of hydrogen-bond acceptors (Lipinski definition) is 6. The molecule has 3 aromatic carbocycles. The molecule has 3 aromatic rings. The Morgan fingerprint density at radius 2 is 1.73 bits per heavy atom. The van der Waals surface area contributed by atoms with Crippen LogP contribution in [0.1, 0.15) is 28.4 Å². The largest absolute Gasteiger partial charge is 0.497 e. The van der Waals surface area contributed by atoms with E-state index in [9.17, 15) is 9.59 Å². The minimum Gasteiger partial charge on any atom is -0.497 e. The lowest BCUT2D eigenvalue weighted by Crippen LogP contribution is -2.28. The summed E-state index contributed by atoms with van der Waals surface area (Å²) in [5.74, 6) is 0.276. The van der Waals surface area contributed by atoms with Crippen molar-refractivity contribution in [1.82, 2.24) is 4.90 Å². The molecular formula is C27H22Br2N2O5S. The lowest BCUT2D eigenvalue weighted by Gasteiger charge is -2.12. The Morgan fingerprint density at radius 3 is 2.30 bits per heavy atom. The van der Waals surface area contributed by atoms with E-state index in [4.69, 9.17) is 14.6 Å². The number of benzene rings is 3. The average molecular weight is 646 g/mol. The van der Waals surface area contributed by atoms with Crippen molar-refractivity contribution >= 4 is 72.4 Å². The van der Waals surface area contributed by atoms with Crippen molar-refractivity contribution < 1.29 is 24.2 Å². The van der Waals surface area contributed by atoms with Gasteiger partial charge in [-0.25, -0.2) is 9.79 Å². The summed E-state index contributed by atoms with van der Waals surface area (Å²) in [5.41, 5.74) is 2.61. The number of amides is 1. The Balaban J connectivity index is 1.52. The Bertz CT molecular complexity index is 1370. The summed E-state index contributed by atoms with van der Waals surface area (Å²) in [4.78, 5) is 31.0. The van der Waals surface area contributed by atoms with Gasteiger partial charge in [-0.15, -0.1) is 0 Å². The maximum atomic E-state index is 13.1. The fraction of sp³-hybridized carbons (Fsp3) is 0.148. The average Bonchev–Trinajstić information content (AvgIpc) is 3.17. The first kappa shape index (κ1) is 27.0. The number of carboxylic acids is 1. The fourth-order valence-electron chi connectivity index (χ4n) is 3.49. The monoisotopic (exact) mass is 644 g/mol. The van der Waals surface area contributed by atoms with Crippen LogP contribution in [0, 0.1) is 0 Å². The second kappa shape index (κ2) is 12.0. The van der Waals surface area contributed by atoms with Crippen molar-refractivity contribution in [3.05, 3.63) is 91.2 Å². The molecule has 0 radical (unpaired) electrons. The summed E-state index contributed by atoms with van der Waals surface area (Å²) in [5, 5.41) is 9.66. The maximum Gasteiger partial charge on any atom is 0.335 e. The predicted molar refractivity (Wildman–Crippen MR) is 153 cm³/mol. The minimum atomic E-state index is -0.970. The number of carboxylic acid groups (broad SMARTS) is 1. The molecule has 0 saturated carbocycles. The molecule has 7 nitrogen and oxygen atoms in total. The third-order valence-electron chi connectivity index (χ3n) is 5.40. The van der Waals surface area contributed by atoms with Gasteiger partial charge in [0.2, 0.25) is 0 Å². The zero-order chi connectivity index (χ0) is 26.5. The van der Waals surface area contributed by atoms with E-state index in [1.165, 1.54) is 11.8 Å². The van der Waals surface area contributed by atoms with Crippen LogP contribution in [0.5, 0.6) is 11.5 Å². The van der Waals surface area contributed by atoms with Gasteiger partial charge in [0.15, 0.2) is 5.17 Å². The second-order valence-corrected chi connectivity index (χ2v) is 10.6. The molecule has 1 aliphatic rings. The summed E-state index contributed by atoms with van der Waals surface area (Å²) >= 11 is 8.45. The Labute approximate surface area is 235 Å². The van der Waals surface area contributed by atoms with Crippen molar-refractivity contribution in [1.29, 1.82) is 0 Å². The van der Waals surface area contributed by atoms with Gasteiger partial charge in [0.1, 0.15) is 18.1 Å². The van der Waals surface area contributed by atoms with Gasteiger partial charge in [0, 0.05) is 6.54 Å². The van der Waals surface area contributed by atoms with Gasteiger partial charge in [-0.1, -0.05) is 12.1 Å². The molecule has 1 heterocycles. The molecule has 4 rings (SSSR count). The number of nitrogens with zero attached hydrogens (tertiary/aromatic N) is 2. The van der Waals surface area contributed by atoms with E-state index in [0.717, 1.165) is 22.6 Å². The summed E-state index contributed by atoms with van der Waals surface area (Å²) in [6, 6.07) is 17.6. The highest BCUT2D eigenvalue weighted by molar-refractivity contribution is 9.11. The minimum absolute atomic E-state index is 0.0999.